The van der Waals surface area contributed by atoms with Gasteiger partial charge in [-0.1, -0.05) is 71.9 Å². The standard InChI is InChI=1S/C31H27ClFN5O2S/c1-37-17-23(16-35-37)14-26-18-38(31(36-30(26)40)41-20-22-4-12-28(33)13-5-22)19-29(39)34-15-21-2-6-24(7-3-21)25-8-10-27(32)11-9-25/h2-13,16-18H,14-15,19-20H2,1H3,(H,34,39). The zero-order chi connectivity index (χ0) is 28.8. The number of thioether (sulfide) groups is 1. The summed E-state index contributed by atoms with van der Waals surface area (Å²) in [6.07, 6.45) is 5.58. The Balaban J connectivity index is 1.29. The molecule has 0 bridgehead atoms. The number of aromatic nitrogens is 4. The molecule has 5 aromatic rings. The zero-order valence-corrected chi connectivity index (χ0v) is 23.8. The molecule has 0 saturated heterocycles. The highest BCUT2D eigenvalue weighted by Crippen LogP contribution is 2.23. The van der Waals surface area contributed by atoms with Gasteiger partial charge in [0.05, 0.1) is 6.20 Å². The van der Waals surface area contributed by atoms with Crippen molar-refractivity contribution in [3.8, 4) is 11.1 Å². The van der Waals surface area contributed by atoms with Gasteiger partial charge in [0.15, 0.2) is 5.16 Å². The van der Waals surface area contributed by atoms with Gasteiger partial charge in [-0.3, -0.25) is 14.3 Å². The third-order valence-electron chi connectivity index (χ3n) is 6.40. The SMILES string of the molecule is Cn1cc(Cc2cn(CC(=O)NCc3ccc(-c4ccc(Cl)cc4)cc3)c(SCc3ccc(F)cc3)nc2=O)cn1. The highest BCUT2D eigenvalue weighted by atomic mass is 35.5. The van der Waals surface area contributed by atoms with Crippen LogP contribution in [-0.4, -0.2) is 25.2 Å². The lowest BCUT2D eigenvalue weighted by atomic mass is 10.0. The Kier molecular flexibility index (Phi) is 8.96. The van der Waals surface area contributed by atoms with Crippen molar-refractivity contribution in [1.29, 1.82) is 0 Å². The van der Waals surface area contributed by atoms with Crippen molar-refractivity contribution < 1.29 is 9.18 Å². The number of benzene rings is 3. The molecule has 0 saturated carbocycles. The fourth-order valence-electron chi connectivity index (χ4n) is 4.25. The van der Waals surface area contributed by atoms with Crippen molar-refractivity contribution in [2.45, 2.75) is 30.4 Å². The minimum Gasteiger partial charge on any atom is -0.350 e. The van der Waals surface area contributed by atoms with Crippen molar-refractivity contribution in [2.24, 2.45) is 7.05 Å². The summed E-state index contributed by atoms with van der Waals surface area (Å²) in [5, 5.41) is 8.23. The largest absolute Gasteiger partial charge is 0.350 e. The summed E-state index contributed by atoms with van der Waals surface area (Å²) >= 11 is 7.31. The van der Waals surface area contributed by atoms with Crippen LogP contribution in [0.2, 0.25) is 5.02 Å². The number of nitrogens with zero attached hydrogens (tertiary/aromatic N) is 4. The van der Waals surface area contributed by atoms with E-state index in [-0.39, 0.29) is 23.8 Å². The summed E-state index contributed by atoms with van der Waals surface area (Å²) < 4.78 is 16.7. The molecule has 0 aliphatic rings. The van der Waals surface area contributed by atoms with Crippen LogP contribution in [0, 0.1) is 5.82 Å². The third kappa shape index (κ3) is 7.71. The molecule has 0 unspecified atom stereocenters. The van der Waals surface area contributed by atoms with E-state index in [0.717, 1.165) is 27.8 Å². The average Bonchev–Trinajstić information content (AvgIpc) is 3.38. The van der Waals surface area contributed by atoms with Crippen molar-refractivity contribution in [2.75, 3.05) is 0 Å². The molecule has 2 aromatic heterocycles. The van der Waals surface area contributed by atoms with Crippen molar-refractivity contribution in [1.82, 2.24) is 24.6 Å². The van der Waals surface area contributed by atoms with Crippen LogP contribution in [0.5, 0.6) is 0 Å². The van der Waals surface area contributed by atoms with Gasteiger partial charge in [0.25, 0.3) is 5.56 Å². The number of amides is 1. The number of halogens is 2. The predicted molar refractivity (Wildman–Crippen MR) is 159 cm³/mol. The summed E-state index contributed by atoms with van der Waals surface area (Å²) in [5.74, 6) is -0.0611. The molecule has 5 rings (SSSR count). The first-order valence-electron chi connectivity index (χ1n) is 12.9. The molecule has 2 heterocycles. The summed E-state index contributed by atoms with van der Waals surface area (Å²) in [4.78, 5) is 30.2. The van der Waals surface area contributed by atoms with E-state index in [1.54, 1.807) is 33.8 Å². The van der Waals surface area contributed by atoms with E-state index in [9.17, 15) is 14.0 Å². The number of carbonyl (C=O) groups is 1. The first kappa shape index (κ1) is 28.3. The van der Waals surface area contributed by atoms with Crippen molar-refractivity contribution >= 4 is 29.3 Å². The first-order valence-corrected chi connectivity index (χ1v) is 14.3. The van der Waals surface area contributed by atoms with Crippen LogP contribution in [0.25, 0.3) is 11.1 Å². The maximum atomic E-state index is 13.3. The molecule has 41 heavy (non-hydrogen) atoms. The highest BCUT2D eigenvalue weighted by molar-refractivity contribution is 7.98. The molecule has 208 valence electrons. The number of aryl methyl sites for hydroxylation is 1. The van der Waals surface area contributed by atoms with Crippen LogP contribution in [0.4, 0.5) is 4.39 Å². The van der Waals surface area contributed by atoms with E-state index in [1.165, 1.54) is 23.9 Å². The minimum atomic E-state index is -0.354. The van der Waals surface area contributed by atoms with Gasteiger partial charge in [-0.15, -0.1) is 0 Å². The Bertz CT molecular complexity index is 1700. The fraction of sp³-hybridized carbons (Fsp3) is 0.161. The molecule has 0 radical (unpaired) electrons. The highest BCUT2D eigenvalue weighted by Gasteiger charge is 2.14. The Morgan fingerprint density at radius 2 is 1.59 bits per heavy atom. The molecule has 0 fully saturated rings. The van der Waals surface area contributed by atoms with E-state index in [1.807, 2.05) is 61.8 Å². The third-order valence-corrected chi connectivity index (χ3v) is 7.71. The van der Waals surface area contributed by atoms with E-state index in [4.69, 9.17) is 11.6 Å². The van der Waals surface area contributed by atoms with E-state index < -0.39 is 0 Å². The summed E-state index contributed by atoms with van der Waals surface area (Å²) in [6.45, 7) is 0.343. The van der Waals surface area contributed by atoms with Gasteiger partial charge in [0, 0.05) is 48.7 Å². The summed E-state index contributed by atoms with van der Waals surface area (Å²) in [5.41, 5.74) is 4.93. The van der Waals surface area contributed by atoms with E-state index in [0.29, 0.717) is 34.5 Å². The quantitative estimate of drug-likeness (QED) is 0.169. The van der Waals surface area contributed by atoms with E-state index in [2.05, 4.69) is 15.4 Å². The Hall–Kier alpha value is -4.21. The van der Waals surface area contributed by atoms with Gasteiger partial charge in [-0.05, 0) is 52.1 Å². The molecule has 0 aliphatic heterocycles. The number of hydrogen-bond donors (Lipinski definition) is 1. The summed E-state index contributed by atoms with van der Waals surface area (Å²) in [6, 6.07) is 21.7. The zero-order valence-electron chi connectivity index (χ0n) is 22.3. The van der Waals surface area contributed by atoms with Gasteiger partial charge in [0.2, 0.25) is 5.91 Å². The van der Waals surface area contributed by atoms with Crippen molar-refractivity contribution in [3.05, 3.63) is 135 Å². The van der Waals surface area contributed by atoms with Crippen molar-refractivity contribution in [3.63, 3.8) is 0 Å². The maximum Gasteiger partial charge on any atom is 0.277 e. The molecule has 0 aliphatic carbocycles. The Morgan fingerprint density at radius 3 is 2.24 bits per heavy atom. The lowest BCUT2D eigenvalue weighted by Gasteiger charge is -2.14. The van der Waals surface area contributed by atoms with Crippen LogP contribution in [0.1, 0.15) is 22.3 Å². The van der Waals surface area contributed by atoms with Gasteiger partial charge >= 0.3 is 0 Å². The first-order chi connectivity index (χ1) is 19.8. The molecular weight excluding hydrogens is 561 g/mol. The Labute approximate surface area is 246 Å². The smallest absolute Gasteiger partial charge is 0.277 e. The van der Waals surface area contributed by atoms with Gasteiger partial charge in [0.1, 0.15) is 12.4 Å². The van der Waals surface area contributed by atoms with E-state index >= 15 is 0 Å². The Morgan fingerprint density at radius 1 is 0.927 bits per heavy atom. The lowest BCUT2D eigenvalue weighted by molar-refractivity contribution is -0.122. The molecule has 0 spiro atoms. The second kappa shape index (κ2) is 13.0. The number of hydrogen-bond acceptors (Lipinski definition) is 5. The van der Waals surface area contributed by atoms with Gasteiger partial charge in [-0.2, -0.15) is 10.1 Å². The van der Waals surface area contributed by atoms with Crippen LogP contribution >= 0.6 is 23.4 Å². The topological polar surface area (TPSA) is 81.8 Å². The van der Waals surface area contributed by atoms with Crippen LogP contribution in [-0.2, 0) is 37.1 Å². The fourth-order valence-corrected chi connectivity index (χ4v) is 5.30. The summed E-state index contributed by atoms with van der Waals surface area (Å²) in [7, 11) is 1.81. The molecular formula is C31H27ClFN5O2S. The van der Waals surface area contributed by atoms with Gasteiger partial charge in [-0.25, -0.2) is 4.39 Å². The minimum absolute atomic E-state index is 0.0120. The number of rotatable bonds is 10. The predicted octanol–water partition coefficient (Wildman–Crippen LogP) is 5.64. The second-order valence-corrected chi connectivity index (χ2v) is 11.0. The van der Waals surface area contributed by atoms with Crippen LogP contribution in [0.3, 0.4) is 0 Å². The molecule has 3 aromatic carbocycles. The molecule has 7 nitrogen and oxygen atoms in total. The van der Waals surface area contributed by atoms with Crippen LogP contribution < -0.4 is 10.9 Å². The molecule has 1 N–H and O–H groups in total. The number of carbonyl (C=O) groups excluding carboxylic acids is 1. The number of nitrogens with one attached hydrogen (secondary N) is 1. The van der Waals surface area contributed by atoms with Gasteiger partial charge < -0.3 is 9.88 Å². The molecule has 10 heteroatoms. The lowest BCUT2D eigenvalue weighted by Crippen LogP contribution is -2.29. The molecule has 1 amide bonds. The average molecular weight is 588 g/mol. The van der Waals surface area contributed by atoms with Crippen LogP contribution in [0.15, 0.2) is 101 Å². The second-order valence-electron chi connectivity index (χ2n) is 9.58. The monoisotopic (exact) mass is 587 g/mol. The normalized spacial score (nSPS) is 11.0. The molecule has 0 atom stereocenters. The maximum absolute atomic E-state index is 13.3.